The molecule has 0 atom stereocenters. The molecule has 3 aromatic carbocycles. The van der Waals surface area contributed by atoms with E-state index in [1.165, 1.54) is 0 Å². The molecule has 0 bridgehead atoms. The highest BCUT2D eigenvalue weighted by atomic mass is 16.7. The van der Waals surface area contributed by atoms with E-state index in [1.54, 1.807) is 40.2 Å². The van der Waals surface area contributed by atoms with E-state index in [2.05, 4.69) is 46.6 Å². The number of likely N-dealkylation sites (N-methyl/N-ethyl adjacent to an activating group) is 1. The van der Waals surface area contributed by atoms with E-state index in [-0.39, 0.29) is 5.41 Å². The zero-order valence-electron chi connectivity index (χ0n) is 27.8. The van der Waals surface area contributed by atoms with Gasteiger partial charge in [0.05, 0.1) is 17.1 Å². The van der Waals surface area contributed by atoms with Gasteiger partial charge in [0.25, 0.3) is 0 Å². The number of ether oxygens (including phenoxy) is 1. The largest absolute Gasteiger partial charge is 0.457 e. The molecule has 5 aromatic rings. The van der Waals surface area contributed by atoms with Crippen LogP contribution in [-0.4, -0.2) is 70.1 Å². The van der Waals surface area contributed by atoms with Crippen molar-refractivity contribution in [2.75, 3.05) is 49.2 Å². The predicted octanol–water partition coefficient (Wildman–Crippen LogP) is 7.17. The van der Waals surface area contributed by atoms with Crippen LogP contribution in [0.2, 0.25) is 0 Å². The highest BCUT2D eigenvalue weighted by Gasteiger charge is 2.22. The third-order valence-corrected chi connectivity index (χ3v) is 7.99. The fourth-order valence-corrected chi connectivity index (χ4v) is 5.25. The third-order valence-electron chi connectivity index (χ3n) is 7.99. The van der Waals surface area contributed by atoms with Gasteiger partial charge in [0, 0.05) is 60.7 Å². The van der Waals surface area contributed by atoms with Gasteiger partial charge in [-0.15, -0.1) is 5.06 Å². The first-order chi connectivity index (χ1) is 23.0. The molecule has 1 fully saturated rings. The molecule has 3 N–H and O–H groups in total. The average molecular weight is 649 g/mol. The number of pyridine rings is 1. The molecule has 2 aromatic heterocycles. The first-order valence-corrected chi connectivity index (χ1v) is 15.9. The van der Waals surface area contributed by atoms with Gasteiger partial charge in [-0.1, -0.05) is 62.7 Å². The number of hydroxylamine groups is 2. The second-order valence-corrected chi connectivity index (χ2v) is 12.9. The first-order valence-electron chi connectivity index (χ1n) is 15.9. The Morgan fingerprint density at radius 2 is 1.56 bits per heavy atom. The van der Waals surface area contributed by atoms with Crippen molar-refractivity contribution < 1.29 is 19.2 Å². The molecule has 0 unspecified atom stereocenters. The van der Waals surface area contributed by atoms with E-state index in [4.69, 9.17) is 14.7 Å². The van der Waals surface area contributed by atoms with E-state index >= 15 is 0 Å². The predicted molar refractivity (Wildman–Crippen MR) is 187 cm³/mol. The summed E-state index contributed by atoms with van der Waals surface area (Å²) in [5, 5.41) is 16.7. The topological polar surface area (TPSA) is 126 Å². The number of carbonyl (C=O) groups is 2. The van der Waals surface area contributed by atoms with Gasteiger partial charge in [-0.2, -0.15) is 5.10 Å². The molecule has 248 valence electrons. The molecule has 0 spiro atoms. The van der Waals surface area contributed by atoms with Crippen molar-refractivity contribution >= 4 is 40.2 Å². The third kappa shape index (κ3) is 7.73. The van der Waals surface area contributed by atoms with Crippen LogP contribution in [0.15, 0.2) is 85.1 Å². The van der Waals surface area contributed by atoms with Crippen molar-refractivity contribution in [3.8, 4) is 17.2 Å². The number of anilines is 3. The smallest absolute Gasteiger partial charge is 0.431 e. The number of aryl methyl sites for hydroxylation is 1. The number of carbonyl (C=O) groups excluding carboxylic acids is 2. The Hall–Kier alpha value is -5.46. The summed E-state index contributed by atoms with van der Waals surface area (Å²) in [6, 6.07) is 24.0. The minimum atomic E-state index is -0.611. The van der Waals surface area contributed by atoms with E-state index in [1.807, 2.05) is 68.6 Å². The number of nitrogens with one attached hydrogen (secondary N) is 3. The van der Waals surface area contributed by atoms with Crippen LogP contribution in [0.5, 0.6) is 11.5 Å². The molecule has 1 aliphatic heterocycles. The molecular weight excluding hydrogens is 608 g/mol. The van der Waals surface area contributed by atoms with Crippen molar-refractivity contribution in [2.45, 2.75) is 33.1 Å². The molecular formula is C36H40N8O4. The SMILES string of the molecule is Cc1ccc(-n2nc(C(C)(C)C)cc2NC(=O)Nc2ccc(Oc3ccnc(NC(=O)ON4CCN(C)CC4)c3)c3ccccc23)cc1. The van der Waals surface area contributed by atoms with Crippen LogP contribution in [0.3, 0.4) is 0 Å². The van der Waals surface area contributed by atoms with Crippen molar-refractivity contribution in [3.63, 3.8) is 0 Å². The molecule has 48 heavy (non-hydrogen) atoms. The van der Waals surface area contributed by atoms with E-state index < -0.39 is 12.1 Å². The van der Waals surface area contributed by atoms with Crippen LogP contribution in [-0.2, 0) is 10.3 Å². The maximum atomic E-state index is 13.4. The van der Waals surface area contributed by atoms with Gasteiger partial charge in [-0.25, -0.2) is 19.3 Å². The molecule has 1 aliphatic rings. The normalized spacial score (nSPS) is 14.0. The first kappa shape index (κ1) is 32.5. The standard InChI is InChI=1S/C36H40N8O4/c1-24-10-12-25(13-11-24)44-33(23-31(41-44)36(2,3)4)40-34(45)38-29-14-15-30(28-9-7-6-8-27(28)29)47-26-16-17-37-32(22-26)39-35(46)48-43-20-18-42(5)19-21-43/h6-17,22-23H,18-21H2,1-5H3,(H,37,39,46)(H2,38,40,45). The molecule has 0 radical (unpaired) electrons. The van der Waals surface area contributed by atoms with E-state index in [9.17, 15) is 9.59 Å². The number of nitrogens with zero attached hydrogens (tertiary/aromatic N) is 5. The Morgan fingerprint density at radius 1 is 0.833 bits per heavy atom. The molecule has 0 saturated carbocycles. The Balaban J connectivity index is 1.17. The monoisotopic (exact) mass is 648 g/mol. The lowest BCUT2D eigenvalue weighted by atomic mass is 9.92. The van der Waals surface area contributed by atoms with Gasteiger partial charge < -0.3 is 19.8 Å². The fraction of sp³-hybridized carbons (Fsp3) is 0.278. The molecule has 3 heterocycles. The second-order valence-electron chi connectivity index (χ2n) is 12.9. The van der Waals surface area contributed by atoms with E-state index in [0.29, 0.717) is 41.9 Å². The lowest BCUT2D eigenvalue weighted by Gasteiger charge is -2.30. The Labute approximate surface area is 279 Å². The summed E-state index contributed by atoms with van der Waals surface area (Å²) < 4.78 is 8.00. The van der Waals surface area contributed by atoms with Gasteiger partial charge in [0.2, 0.25) is 0 Å². The van der Waals surface area contributed by atoms with Crippen molar-refractivity contribution in [3.05, 3.63) is 96.3 Å². The minimum absolute atomic E-state index is 0.214. The number of benzene rings is 3. The number of rotatable bonds is 7. The number of hydrogen-bond donors (Lipinski definition) is 3. The Kier molecular flexibility index (Phi) is 9.28. The van der Waals surface area contributed by atoms with Gasteiger partial charge in [-0.3, -0.25) is 10.6 Å². The second kappa shape index (κ2) is 13.7. The summed E-state index contributed by atoms with van der Waals surface area (Å²) in [5.41, 5.74) is 3.23. The molecule has 0 aliphatic carbocycles. The van der Waals surface area contributed by atoms with Crippen LogP contribution in [0, 0.1) is 6.92 Å². The summed E-state index contributed by atoms with van der Waals surface area (Å²) in [4.78, 5) is 37.7. The van der Waals surface area contributed by atoms with Crippen molar-refractivity contribution in [2.24, 2.45) is 0 Å². The summed E-state index contributed by atoms with van der Waals surface area (Å²) in [6.07, 6.45) is 0.940. The van der Waals surface area contributed by atoms with Gasteiger partial charge in [-0.05, 0) is 44.3 Å². The quantitative estimate of drug-likeness (QED) is 0.170. The van der Waals surface area contributed by atoms with Crippen LogP contribution in [0.25, 0.3) is 16.5 Å². The van der Waals surface area contributed by atoms with Crippen LogP contribution >= 0.6 is 0 Å². The van der Waals surface area contributed by atoms with Crippen LogP contribution in [0.1, 0.15) is 32.0 Å². The molecule has 6 rings (SSSR count). The number of urea groups is 1. The number of piperazine rings is 1. The Morgan fingerprint density at radius 3 is 2.29 bits per heavy atom. The van der Waals surface area contributed by atoms with Crippen LogP contribution in [0.4, 0.5) is 26.9 Å². The number of fused-ring (bicyclic) bond motifs is 1. The maximum Gasteiger partial charge on any atom is 0.431 e. The maximum absolute atomic E-state index is 13.4. The Bertz CT molecular complexity index is 1930. The summed E-state index contributed by atoms with van der Waals surface area (Å²) in [7, 11) is 2.03. The number of aromatic nitrogens is 3. The summed E-state index contributed by atoms with van der Waals surface area (Å²) >= 11 is 0. The van der Waals surface area contributed by atoms with Gasteiger partial charge in [0.15, 0.2) is 0 Å². The summed E-state index contributed by atoms with van der Waals surface area (Å²) in [5.74, 6) is 1.90. The molecule has 3 amide bonds. The lowest BCUT2D eigenvalue weighted by Crippen LogP contribution is -2.45. The number of amides is 3. The lowest BCUT2D eigenvalue weighted by molar-refractivity contribution is -0.115. The van der Waals surface area contributed by atoms with Gasteiger partial charge >= 0.3 is 12.1 Å². The van der Waals surface area contributed by atoms with Gasteiger partial charge in [0.1, 0.15) is 23.1 Å². The average Bonchev–Trinajstić information content (AvgIpc) is 3.48. The zero-order chi connectivity index (χ0) is 33.8. The molecule has 1 saturated heterocycles. The van der Waals surface area contributed by atoms with Crippen molar-refractivity contribution in [1.29, 1.82) is 0 Å². The summed E-state index contributed by atoms with van der Waals surface area (Å²) in [6.45, 7) is 11.2. The highest BCUT2D eigenvalue weighted by molar-refractivity contribution is 6.07. The minimum Gasteiger partial charge on any atom is -0.457 e. The molecule has 12 nitrogen and oxygen atoms in total. The zero-order valence-corrected chi connectivity index (χ0v) is 27.8. The fourth-order valence-electron chi connectivity index (χ4n) is 5.25. The highest BCUT2D eigenvalue weighted by Crippen LogP contribution is 2.35. The molecule has 12 heteroatoms. The number of hydrogen-bond acceptors (Lipinski definition) is 8. The van der Waals surface area contributed by atoms with E-state index in [0.717, 1.165) is 40.8 Å². The van der Waals surface area contributed by atoms with Crippen LogP contribution < -0.4 is 20.7 Å². The van der Waals surface area contributed by atoms with Crippen molar-refractivity contribution in [1.82, 2.24) is 24.7 Å².